The molecule has 1 radical (unpaired) electrons. The van der Waals surface area contributed by atoms with Gasteiger partial charge >= 0.3 is 0 Å². The van der Waals surface area contributed by atoms with Gasteiger partial charge in [0.25, 0.3) is 0 Å². The molecule has 6 aromatic carbocycles. The van der Waals surface area contributed by atoms with Crippen molar-refractivity contribution < 1.29 is 34.1 Å². The minimum Gasteiger partial charge on any atom is -0.501 e. The van der Waals surface area contributed by atoms with Crippen LogP contribution in [0.1, 0.15) is 92.1 Å². The molecule has 9 aromatic rings. The Morgan fingerprint density at radius 1 is 0.780 bits per heavy atom. The Balaban J connectivity index is 0.000000322. The van der Waals surface area contributed by atoms with Crippen molar-refractivity contribution in [2.24, 2.45) is 5.41 Å². The summed E-state index contributed by atoms with van der Waals surface area (Å²) in [6.45, 7) is 11.2. The fourth-order valence-electron chi connectivity index (χ4n) is 7.38. The number of pyridine rings is 1. The number of hydrogen-bond donors (Lipinski definition) is 0. The second-order valence-electron chi connectivity index (χ2n) is 16.0. The van der Waals surface area contributed by atoms with Crippen LogP contribution in [0.25, 0.3) is 72.4 Å². The second kappa shape index (κ2) is 17.3. The smallest absolute Gasteiger partial charge is 0.121 e. The minimum absolute atomic E-state index is 0. The number of nitrogens with zero attached hydrogens (tertiary/aromatic N) is 3. The van der Waals surface area contributed by atoms with Crippen LogP contribution in [0.2, 0.25) is 0 Å². The van der Waals surface area contributed by atoms with Gasteiger partial charge in [-0.25, -0.2) is 0 Å². The molecule has 59 heavy (non-hydrogen) atoms. The van der Waals surface area contributed by atoms with Crippen LogP contribution in [0.3, 0.4) is 0 Å². The molecule has 0 aliphatic carbocycles. The average molecular weight is 957 g/mol. The molecular formula is C54H51IrN3O-2. The summed E-state index contributed by atoms with van der Waals surface area (Å²) < 4.78 is 66.1. The van der Waals surface area contributed by atoms with Crippen LogP contribution in [-0.4, -0.2) is 14.5 Å². The van der Waals surface area contributed by atoms with E-state index in [2.05, 4.69) is 33.8 Å². The first-order chi connectivity index (χ1) is 30.5. The molecule has 0 spiro atoms. The van der Waals surface area contributed by atoms with E-state index in [1.165, 1.54) is 6.07 Å². The number of rotatable bonds is 7. The zero-order valence-electron chi connectivity index (χ0n) is 41.4. The zero-order chi connectivity index (χ0) is 46.7. The van der Waals surface area contributed by atoms with Crippen molar-refractivity contribution in [3.8, 4) is 39.5 Å². The first kappa shape index (κ1) is 33.2. The van der Waals surface area contributed by atoms with Crippen molar-refractivity contribution in [2.45, 2.75) is 73.5 Å². The van der Waals surface area contributed by atoms with Gasteiger partial charge in [0.15, 0.2) is 0 Å². The number of fused-ring (bicyclic) bond motifs is 4. The molecule has 299 valence electrons. The van der Waals surface area contributed by atoms with Gasteiger partial charge in [-0.05, 0) is 81.4 Å². The number of aromatic nitrogens is 3. The van der Waals surface area contributed by atoms with Gasteiger partial charge in [-0.15, -0.1) is 53.6 Å². The normalized spacial score (nSPS) is 14.2. The van der Waals surface area contributed by atoms with E-state index in [-0.39, 0.29) is 20.1 Å². The van der Waals surface area contributed by atoms with E-state index in [0.29, 0.717) is 28.1 Å². The van der Waals surface area contributed by atoms with Gasteiger partial charge in [-0.2, -0.15) is 0 Å². The van der Waals surface area contributed by atoms with E-state index in [4.69, 9.17) is 19.0 Å². The summed E-state index contributed by atoms with van der Waals surface area (Å²) in [6.07, 6.45) is 0.229. The van der Waals surface area contributed by atoms with Gasteiger partial charge < -0.3 is 14.0 Å². The minimum atomic E-state index is -2.07. The maximum absolute atomic E-state index is 9.13. The van der Waals surface area contributed by atoms with Gasteiger partial charge in [-0.1, -0.05) is 145 Å². The van der Waals surface area contributed by atoms with Crippen molar-refractivity contribution in [3.05, 3.63) is 174 Å². The monoisotopic (exact) mass is 957 g/mol. The average Bonchev–Trinajstić information content (AvgIpc) is 3.84. The number of furan rings is 1. The molecule has 3 aromatic heterocycles. The summed E-state index contributed by atoms with van der Waals surface area (Å²) in [5.41, 5.74) is 10.1. The van der Waals surface area contributed by atoms with Crippen LogP contribution in [0.15, 0.2) is 144 Å². The molecule has 0 atom stereocenters. The number of hydrogen-bond acceptors (Lipinski definition) is 3. The van der Waals surface area contributed by atoms with Crippen LogP contribution >= 0.6 is 0 Å². The van der Waals surface area contributed by atoms with Gasteiger partial charge in [0.05, 0.1) is 22.4 Å². The van der Waals surface area contributed by atoms with Crippen molar-refractivity contribution >= 4 is 33.0 Å². The van der Waals surface area contributed by atoms with E-state index in [1.54, 1.807) is 18.3 Å². The maximum atomic E-state index is 9.13. The Hall–Kier alpha value is -5.61. The summed E-state index contributed by atoms with van der Waals surface area (Å²) in [5, 5.41) is 1.91. The molecule has 0 N–H and O–H groups in total. The molecular weight excluding hydrogens is 899 g/mol. The Morgan fingerprint density at radius 3 is 2.17 bits per heavy atom. The van der Waals surface area contributed by atoms with Gasteiger partial charge in [0, 0.05) is 47.0 Å². The Kier molecular flexibility index (Phi) is 9.76. The van der Waals surface area contributed by atoms with Crippen LogP contribution in [0.5, 0.6) is 0 Å². The van der Waals surface area contributed by atoms with E-state index in [1.807, 2.05) is 152 Å². The fraction of sp³-hybridized carbons (Fsp3) is 0.222. The molecule has 0 aliphatic heterocycles. The molecule has 4 nitrogen and oxygen atoms in total. The Bertz CT molecular complexity index is 3120. The molecule has 0 fully saturated rings. The summed E-state index contributed by atoms with van der Waals surface area (Å²) in [6, 6.07) is 48.5. The molecule has 0 amide bonds. The van der Waals surface area contributed by atoms with E-state index < -0.39 is 30.4 Å². The number of benzene rings is 6. The first-order valence-electron chi connectivity index (χ1n) is 23.1. The summed E-state index contributed by atoms with van der Waals surface area (Å²) in [5.74, 6) is -1.26. The predicted octanol–water partition coefficient (Wildman–Crippen LogP) is 14.7. The molecule has 3 heterocycles. The van der Waals surface area contributed by atoms with Gasteiger partial charge in [0.2, 0.25) is 0 Å². The predicted molar refractivity (Wildman–Crippen MR) is 243 cm³/mol. The third-order valence-corrected chi connectivity index (χ3v) is 10.0. The first-order valence-corrected chi connectivity index (χ1v) is 19.6. The van der Waals surface area contributed by atoms with Crippen molar-refractivity contribution in [1.82, 2.24) is 14.5 Å². The van der Waals surface area contributed by atoms with E-state index >= 15 is 0 Å². The molecule has 0 bridgehead atoms. The van der Waals surface area contributed by atoms with Crippen molar-refractivity contribution in [1.29, 1.82) is 0 Å². The van der Waals surface area contributed by atoms with Crippen molar-refractivity contribution in [3.63, 3.8) is 0 Å². The fourth-order valence-corrected chi connectivity index (χ4v) is 7.38. The number of aryl methyl sites for hydroxylation is 1. The molecule has 9 rings (SSSR count). The van der Waals surface area contributed by atoms with Crippen LogP contribution in [0, 0.1) is 24.4 Å². The Morgan fingerprint density at radius 2 is 1.51 bits per heavy atom. The van der Waals surface area contributed by atoms with Gasteiger partial charge in [0.1, 0.15) is 5.58 Å². The third kappa shape index (κ3) is 8.74. The van der Waals surface area contributed by atoms with Crippen LogP contribution < -0.4 is 0 Å². The van der Waals surface area contributed by atoms with Crippen LogP contribution in [0.4, 0.5) is 0 Å². The SMILES string of the molecule is [2H]C(C)(C)c1cccc(C([2H])(C)C)c1-n1c(-c2[c-]ccc3c2oc2cc(-c4ccc(C([2H])([2H])C(C)(C)C)cc4)ccc23)nc2ccccc21.[2H]C([2H])([2H])c1c[c-]c(-c2ccccn2)cc1.[Ir]. The largest absolute Gasteiger partial charge is 0.501 e. The molecule has 5 heteroatoms. The second-order valence-corrected chi connectivity index (χ2v) is 16.0. The van der Waals surface area contributed by atoms with Gasteiger partial charge in [-0.3, -0.25) is 4.98 Å². The molecule has 0 saturated heterocycles. The molecule has 0 unspecified atom stereocenters. The summed E-state index contributed by atoms with van der Waals surface area (Å²) >= 11 is 0. The summed E-state index contributed by atoms with van der Waals surface area (Å²) in [7, 11) is 0. The summed E-state index contributed by atoms with van der Waals surface area (Å²) in [4.78, 5) is 9.32. The van der Waals surface area contributed by atoms with E-state index in [9.17, 15) is 0 Å². The third-order valence-electron chi connectivity index (χ3n) is 10.0. The maximum Gasteiger partial charge on any atom is 0.121 e. The standard InChI is InChI=1S/C42H41N2O.C12H10N.Ir/c1-26(2)31-12-10-13-32(27(3)4)39(31)44-37-17-9-8-16-36(37)43-41(44)35-15-11-14-34-33-23-22-30(24-38(33)45-40(34)35)29-20-18-28(19-21-29)25-42(5,6)7;1-10-5-7-11(8-6-10)12-4-2-3-9-13-12;/h8-14,16-24,26-27H,25H2,1-7H3;2-7,9H,1H3;/q2*-1;/i25D2,26D,27D;1D3;. The molecule has 0 aliphatic rings. The Labute approximate surface area is 372 Å². The quantitative estimate of drug-likeness (QED) is 0.150. The zero-order valence-corrected chi connectivity index (χ0v) is 36.8. The number of imidazole rings is 1. The van der Waals surface area contributed by atoms with E-state index in [0.717, 1.165) is 66.6 Å². The molecule has 0 saturated carbocycles. The van der Waals surface area contributed by atoms with Crippen molar-refractivity contribution in [2.75, 3.05) is 0 Å². The number of para-hydroxylation sites is 3. The van der Waals surface area contributed by atoms with Crippen LogP contribution in [-0.2, 0) is 26.5 Å². The topological polar surface area (TPSA) is 43.9 Å².